The molecule has 5 atom stereocenters. The van der Waals surface area contributed by atoms with Crippen LogP contribution in [0, 0.1) is 0 Å². The Bertz CT molecular complexity index is 621. The number of carbonyl (C=O) groups is 1. The van der Waals surface area contributed by atoms with Gasteiger partial charge in [-0.2, -0.15) is 0 Å². The van der Waals surface area contributed by atoms with Crippen LogP contribution in [0.1, 0.15) is 66.2 Å². The summed E-state index contributed by atoms with van der Waals surface area (Å²) < 4.78 is 12.1. The van der Waals surface area contributed by atoms with Gasteiger partial charge < -0.3 is 14.6 Å². The van der Waals surface area contributed by atoms with Crippen molar-refractivity contribution >= 4 is 21.9 Å². The molecule has 25 heavy (non-hydrogen) atoms. The Morgan fingerprint density at radius 1 is 1.20 bits per heavy atom. The number of hydrogen-bond donors (Lipinski definition) is 1. The first kappa shape index (κ1) is 19.1. The summed E-state index contributed by atoms with van der Waals surface area (Å²) in [7, 11) is 0. The summed E-state index contributed by atoms with van der Waals surface area (Å²) in [6.07, 6.45) is 6.36. The standard InChI is InChI=1S/C20H29BrO4/c1-12-5-6-17-19(3,23)9-8-16(21)20(4,25-17)10-7-14-13(2)18(22)24-15(14)11-12/h11,15-17,23H,5-10H2,1-4H3/b12-11+/t15-,16+,17-,19-,20-/m0/s1. The van der Waals surface area contributed by atoms with Crippen LogP contribution in [0.4, 0.5) is 0 Å². The molecule has 140 valence electrons. The molecule has 1 N–H and O–H groups in total. The van der Waals surface area contributed by atoms with Crippen LogP contribution in [-0.4, -0.2) is 39.3 Å². The average molecular weight is 413 g/mol. The van der Waals surface area contributed by atoms with Crippen LogP contribution in [0.25, 0.3) is 0 Å². The molecule has 3 aliphatic rings. The number of rotatable bonds is 0. The van der Waals surface area contributed by atoms with Gasteiger partial charge in [0.25, 0.3) is 0 Å². The Hall–Kier alpha value is -0.650. The van der Waals surface area contributed by atoms with Crippen LogP contribution in [0.2, 0.25) is 0 Å². The number of aliphatic hydroxyl groups is 1. The second-order valence-corrected chi connectivity index (χ2v) is 9.42. The molecule has 0 spiro atoms. The fourth-order valence-corrected chi connectivity index (χ4v) is 4.73. The van der Waals surface area contributed by atoms with Gasteiger partial charge in [-0.25, -0.2) is 4.79 Å². The van der Waals surface area contributed by atoms with E-state index in [-0.39, 0.29) is 28.6 Å². The van der Waals surface area contributed by atoms with Gasteiger partial charge in [0.15, 0.2) is 0 Å². The van der Waals surface area contributed by atoms with Crippen molar-refractivity contribution in [2.75, 3.05) is 0 Å². The second-order valence-electron chi connectivity index (χ2n) is 8.31. The predicted octanol–water partition coefficient (Wildman–Crippen LogP) is 4.20. The average Bonchev–Trinajstić information content (AvgIpc) is 2.74. The molecule has 5 heteroatoms. The van der Waals surface area contributed by atoms with Crippen LogP contribution < -0.4 is 0 Å². The summed E-state index contributed by atoms with van der Waals surface area (Å²) in [6.45, 7) is 7.94. The fraction of sp³-hybridized carbons (Fsp3) is 0.750. The lowest BCUT2D eigenvalue weighted by Gasteiger charge is -2.38. The molecule has 0 unspecified atom stereocenters. The van der Waals surface area contributed by atoms with Crippen LogP contribution in [0.3, 0.4) is 0 Å². The Balaban J connectivity index is 1.97. The smallest absolute Gasteiger partial charge is 0.334 e. The molecule has 1 fully saturated rings. The maximum absolute atomic E-state index is 12.0. The lowest BCUT2D eigenvalue weighted by molar-refractivity contribution is -0.153. The van der Waals surface area contributed by atoms with Gasteiger partial charge in [-0.3, -0.25) is 0 Å². The highest BCUT2D eigenvalue weighted by Gasteiger charge is 2.46. The topological polar surface area (TPSA) is 55.8 Å². The number of ether oxygens (including phenoxy) is 2. The Kier molecular flexibility index (Phi) is 5.22. The third-order valence-corrected chi connectivity index (χ3v) is 7.59. The van der Waals surface area contributed by atoms with Crippen molar-refractivity contribution in [3.8, 4) is 0 Å². The van der Waals surface area contributed by atoms with Crippen LogP contribution in [0.5, 0.6) is 0 Å². The molecular weight excluding hydrogens is 384 g/mol. The number of esters is 1. The van der Waals surface area contributed by atoms with E-state index in [1.807, 2.05) is 13.8 Å². The summed E-state index contributed by atoms with van der Waals surface area (Å²) in [5, 5.41) is 10.9. The second kappa shape index (κ2) is 6.82. The van der Waals surface area contributed by atoms with E-state index < -0.39 is 5.60 Å². The van der Waals surface area contributed by atoms with E-state index in [0.29, 0.717) is 0 Å². The van der Waals surface area contributed by atoms with Gasteiger partial charge in [-0.1, -0.05) is 21.5 Å². The predicted molar refractivity (Wildman–Crippen MR) is 101 cm³/mol. The zero-order valence-electron chi connectivity index (χ0n) is 15.6. The lowest BCUT2D eigenvalue weighted by Crippen LogP contribution is -2.46. The normalized spacial score (nSPS) is 45.0. The molecule has 0 aromatic heterocycles. The van der Waals surface area contributed by atoms with Crippen molar-refractivity contribution in [2.24, 2.45) is 0 Å². The molecule has 0 saturated carbocycles. The molecule has 0 aromatic carbocycles. The van der Waals surface area contributed by atoms with E-state index in [1.54, 1.807) is 0 Å². The number of alkyl halides is 1. The molecule has 3 aliphatic heterocycles. The van der Waals surface area contributed by atoms with Crippen LogP contribution in [-0.2, 0) is 14.3 Å². The minimum absolute atomic E-state index is 0.170. The van der Waals surface area contributed by atoms with Crippen LogP contribution in [0.15, 0.2) is 22.8 Å². The molecule has 1 saturated heterocycles. The van der Waals surface area contributed by atoms with Gasteiger partial charge in [0, 0.05) is 10.4 Å². The monoisotopic (exact) mass is 412 g/mol. The van der Waals surface area contributed by atoms with Crippen molar-refractivity contribution in [2.45, 2.75) is 94.5 Å². The Labute approximate surface area is 158 Å². The van der Waals surface area contributed by atoms with Crippen molar-refractivity contribution in [1.29, 1.82) is 0 Å². The number of hydrogen-bond acceptors (Lipinski definition) is 4. The van der Waals surface area contributed by atoms with Gasteiger partial charge >= 0.3 is 5.97 Å². The number of halogens is 1. The van der Waals surface area contributed by atoms with Crippen molar-refractivity contribution < 1.29 is 19.4 Å². The van der Waals surface area contributed by atoms with E-state index in [9.17, 15) is 9.90 Å². The van der Waals surface area contributed by atoms with Crippen LogP contribution >= 0.6 is 15.9 Å². The summed E-state index contributed by atoms with van der Waals surface area (Å²) in [4.78, 5) is 12.2. The zero-order valence-corrected chi connectivity index (χ0v) is 17.2. The van der Waals surface area contributed by atoms with Gasteiger partial charge in [0.05, 0.1) is 17.3 Å². The highest BCUT2D eigenvalue weighted by Crippen LogP contribution is 2.43. The molecule has 2 bridgehead atoms. The molecule has 4 nitrogen and oxygen atoms in total. The number of fused-ring (bicyclic) bond motifs is 3. The first-order valence-electron chi connectivity index (χ1n) is 9.24. The van der Waals surface area contributed by atoms with Gasteiger partial charge in [0.1, 0.15) is 6.10 Å². The Morgan fingerprint density at radius 3 is 2.64 bits per heavy atom. The van der Waals surface area contributed by atoms with E-state index in [2.05, 4.69) is 35.9 Å². The maximum atomic E-state index is 12.0. The minimum atomic E-state index is -0.824. The summed E-state index contributed by atoms with van der Waals surface area (Å²) in [6, 6.07) is 0. The van der Waals surface area contributed by atoms with Gasteiger partial charge in [0.2, 0.25) is 0 Å². The highest BCUT2D eigenvalue weighted by atomic mass is 79.9. The zero-order chi connectivity index (χ0) is 18.4. The largest absolute Gasteiger partial charge is 0.450 e. The number of carbonyl (C=O) groups excluding carboxylic acids is 1. The van der Waals surface area contributed by atoms with Crippen molar-refractivity contribution in [3.63, 3.8) is 0 Å². The first-order chi connectivity index (χ1) is 11.6. The number of allylic oxidation sites excluding steroid dienone is 1. The maximum Gasteiger partial charge on any atom is 0.334 e. The highest BCUT2D eigenvalue weighted by molar-refractivity contribution is 9.09. The van der Waals surface area contributed by atoms with E-state index in [1.165, 1.54) is 5.57 Å². The SMILES string of the molecule is CC1=C2CC[C@]3(C)O[C@@H](CC/C(C)=C/[C@@H]2OC1=O)[C@@](C)(O)CC[C@H]3Br. The molecule has 0 amide bonds. The lowest BCUT2D eigenvalue weighted by atomic mass is 9.87. The molecular formula is C20H29BrO4. The fourth-order valence-electron chi connectivity index (χ4n) is 4.16. The molecule has 0 radical (unpaired) electrons. The Morgan fingerprint density at radius 2 is 1.92 bits per heavy atom. The summed E-state index contributed by atoms with van der Waals surface area (Å²) in [5.74, 6) is -0.204. The van der Waals surface area contributed by atoms with Gasteiger partial charge in [-0.05, 0) is 77.9 Å². The third-order valence-electron chi connectivity index (χ3n) is 6.16. The summed E-state index contributed by atoms with van der Waals surface area (Å²) in [5.41, 5.74) is 1.78. The quantitative estimate of drug-likeness (QED) is 0.367. The minimum Gasteiger partial charge on any atom is -0.450 e. The molecule has 3 heterocycles. The molecule has 0 aliphatic carbocycles. The molecule has 0 aromatic rings. The van der Waals surface area contributed by atoms with Gasteiger partial charge in [-0.15, -0.1) is 0 Å². The van der Waals surface area contributed by atoms with E-state index in [4.69, 9.17) is 9.47 Å². The summed E-state index contributed by atoms with van der Waals surface area (Å²) >= 11 is 3.81. The van der Waals surface area contributed by atoms with Crippen molar-refractivity contribution in [3.05, 3.63) is 22.8 Å². The van der Waals surface area contributed by atoms with Crippen molar-refractivity contribution in [1.82, 2.24) is 0 Å². The van der Waals surface area contributed by atoms with E-state index in [0.717, 1.165) is 49.7 Å². The molecule has 3 rings (SSSR count). The first-order valence-corrected chi connectivity index (χ1v) is 10.2. The third kappa shape index (κ3) is 3.74. The van der Waals surface area contributed by atoms with E-state index >= 15 is 0 Å².